The van der Waals surface area contributed by atoms with Crippen molar-refractivity contribution in [1.82, 2.24) is 0 Å². The van der Waals surface area contributed by atoms with Crippen molar-refractivity contribution in [1.29, 1.82) is 0 Å². The highest BCUT2D eigenvalue weighted by atomic mass is 31.2. The molecule has 0 saturated heterocycles. The van der Waals surface area contributed by atoms with Crippen molar-refractivity contribution in [2.45, 2.75) is 348 Å². The van der Waals surface area contributed by atoms with Crippen LogP contribution in [0.15, 0.2) is 72.8 Å². The van der Waals surface area contributed by atoms with Gasteiger partial charge in [-0.3, -0.25) is 0 Å². The Labute approximate surface area is 474 Å². The average molecular weight is 1070 g/mol. The number of unbranched alkanes of at least 4 members (excludes halogenated alkanes) is 45. The maximum absolute atomic E-state index is 6.93. The minimum atomic E-state index is -1.76. The van der Waals surface area contributed by atoms with Crippen molar-refractivity contribution in [2.75, 3.05) is 0 Å². The summed E-state index contributed by atoms with van der Waals surface area (Å²) in [6.07, 6.45) is 69.6. The van der Waals surface area contributed by atoms with Crippen LogP contribution in [-0.4, -0.2) is 0 Å². The molecule has 0 saturated carbocycles. The lowest BCUT2D eigenvalue weighted by atomic mass is 10.0. The molecule has 0 radical (unpaired) electrons. The highest BCUT2D eigenvalue weighted by Gasteiger charge is 2.24. The van der Waals surface area contributed by atoms with Crippen molar-refractivity contribution < 1.29 is 13.6 Å². The summed E-state index contributed by atoms with van der Waals surface area (Å²) in [7, 11) is -1.76. The second-order valence-corrected chi connectivity index (χ2v) is 24.5. The molecule has 3 rings (SSSR count). The maximum atomic E-state index is 6.93. The van der Waals surface area contributed by atoms with Gasteiger partial charge >= 0.3 is 8.60 Å². The zero-order chi connectivity index (χ0) is 53.7. The van der Waals surface area contributed by atoms with Crippen molar-refractivity contribution in [3.05, 3.63) is 89.5 Å². The average Bonchev–Trinajstić information content (AvgIpc) is 3.44. The van der Waals surface area contributed by atoms with E-state index in [1.54, 1.807) is 0 Å². The summed E-state index contributed by atoms with van der Waals surface area (Å²) >= 11 is 0. The van der Waals surface area contributed by atoms with Crippen LogP contribution in [-0.2, 0) is 19.3 Å². The van der Waals surface area contributed by atoms with Crippen LogP contribution in [0.25, 0.3) is 0 Å². The van der Waals surface area contributed by atoms with Crippen LogP contribution in [0.2, 0.25) is 0 Å². The molecule has 0 aromatic heterocycles. The highest BCUT2D eigenvalue weighted by Crippen LogP contribution is 2.45. The molecule has 434 valence electrons. The van der Waals surface area contributed by atoms with Crippen LogP contribution in [0, 0.1) is 0 Å². The molecule has 0 spiro atoms. The Kier molecular flexibility index (Phi) is 46.3. The van der Waals surface area contributed by atoms with Gasteiger partial charge < -0.3 is 13.6 Å². The summed E-state index contributed by atoms with van der Waals surface area (Å²) in [5.74, 6) is 2.71. The third kappa shape index (κ3) is 38.2. The number of hydrogen-bond donors (Lipinski definition) is 0. The molecule has 4 heteroatoms. The largest absolute Gasteiger partial charge is 0.530 e. The van der Waals surface area contributed by atoms with Gasteiger partial charge in [-0.05, 0) is 73.4 Å². The summed E-state index contributed by atoms with van der Waals surface area (Å²) < 4.78 is 20.8. The van der Waals surface area contributed by atoms with Crippen LogP contribution >= 0.6 is 8.60 Å². The molecule has 0 aliphatic rings. The van der Waals surface area contributed by atoms with Crippen LogP contribution in [0.1, 0.15) is 346 Å². The number of benzene rings is 3. The highest BCUT2D eigenvalue weighted by molar-refractivity contribution is 7.43. The molecule has 0 heterocycles. The van der Waals surface area contributed by atoms with Gasteiger partial charge in [-0.25, -0.2) is 0 Å². The molecule has 0 fully saturated rings. The quantitative estimate of drug-likeness (QED) is 0.0416. The summed E-state index contributed by atoms with van der Waals surface area (Å²) in [5, 5.41) is 0. The lowest BCUT2D eigenvalue weighted by Crippen LogP contribution is -2.06. The molecule has 3 aromatic rings. The van der Waals surface area contributed by atoms with Gasteiger partial charge in [0.15, 0.2) is 0 Å². The third-order valence-electron chi connectivity index (χ3n) is 16.3. The Morgan fingerprint density at radius 3 is 0.553 bits per heavy atom. The lowest BCUT2D eigenvalue weighted by molar-refractivity contribution is 0.382. The van der Waals surface area contributed by atoms with Gasteiger partial charge in [0.25, 0.3) is 0 Å². The van der Waals surface area contributed by atoms with Gasteiger partial charge in [-0.1, -0.05) is 364 Å². The molecule has 0 aliphatic heterocycles. The van der Waals surface area contributed by atoms with Gasteiger partial charge in [0.1, 0.15) is 17.2 Å². The Hall–Kier alpha value is -2.51. The van der Waals surface area contributed by atoms with Gasteiger partial charge in [-0.15, -0.1) is 0 Å². The number of para-hydroxylation sites is 3. The number of aryl methyl sites for hydroxylation is 3. The monoisotopic (exact) mass is 1070 g/mol. The summed E-state index contributed by atoms with van der Waals surface area (Å²) in [5.41, 5.74) is 3.78. The minimum Gasteiger partial charge on any atom is -0.408 e. The molecule has 0 unspecified atom stereocenters. The Morgan fingerprint density at radius 2 is 0.368 bits per heavy atom. The van der Waals surface area contributed by atoms with Crippen molar-refractivity contribution in [3.63, 3.8) is 0 Å². The van der Waals surface area contributed by atoms with Crippen LogP contribution in [0.4, 0.5) is 0 Å². The van der Waals surface area contributed by atoms with E-state index in [0.717, 1.165) is 36.5 Å². The van der Waals surface area contributed by atoms with Crippen molar-refractivity contribution in [3.8, 4) is 17.2 Å². The summed E-state index contributed by atoms with van der Waals surface area (Å²) in [4.78, 5) is 0. The zero-order valence-corrected chi connectivity index (χ0v) is 51.6. The lowest BCUT2D eigenvalue weighted by Gasteiger charge is -2.22. The van der Waals surface area contributed by atoms with E-state index < -0.39 is 8.60 Å². The Bertz CT molecular complexity index is 1480. The van der Waals surface area contributed by atoms with E-state index in [-0.39, 0.29) is 0 Å². The van der Waals surface area contributed by atoms with E-state index >= 15 is 0 Å². The van der Waals surface area contributed by atoms with Crippen LogP contribution in [0.3, 0.4) is 0 Å². The minimum absolute atomic E-state index is 0.903. The van der Waals surface area contributed by atoms with E-state index in [1.165, 1.54) is 325 Å². The van der Waals surface area contributed by atoms with E-state index in [4.69, 9.17) is 13.6 Å². The first-order valence-corrected chi connectivity index (χ1v) is 34.9. The van der Waals surface area contributed by atoms with E-state index in [0.29, 0.717) is 0 Å². The van der Waals surface area contributed by atoms with Gasteiger partial charge in [-0.2, -0.15) is 0 Å². The molecule has 0 N–H and O–H groups in total. The second-order valence-electron chi connectivity index (χ2n) is 23.5. The molecule has 0 aliphatic carbocycles. The molecule has 3 aromatic carbocycles. The fourth-order valence-corrected chi connectivity index (χ4v) is 12.4. The van der Waals surface area contributed by atoms with E-state index in [9.17, 15) is 0 Å². The fraction of sp³-hybridized carbons (Fsp3) is 0.750. The predicted octanol–water partition coefficient (Wildman–Crippen LogP) is 25.9. The molecule has 0 amide bonds. The first-order valence-electron chi connectivity index (χ1n) is 33.8. The summed E-state index contributed by atoms with van der Waals surface area (Å²) in [6.45, 7) is 6.92. The maximum Gasteiger partial charge on any atom is 0.530 e. The van der Waals surface area contributed by atoms with E-state index in [2.05, 4.69) is 93.6 Å². The first kappa shape index (κ1) is 67.8. The topological polar surface area (TPSA) is 27.7 Å². The normalized spacial score (nSPS) is 11.5. The molecule has 3 nitrogen and oxygen atoms in total. The molecular formula is C72H123O3P. The third-order valence-corrected chi connectivity index (χ3v) is 17.4. The molecule has 0 atom stereocenters. The summed E-state index contributed by atoms with van der Waals surface area (Å²) in [6, 6.07) is 26.0. The molecular weight excluding hydrogens is 944 g/mol. The zero-order valence-electron chi connectivity index (χ0n) is 50.7. The fourth-order valence-electron chi connectivity index (χ4n) is 11.3. The smallest absolute Gasteiger partial charge is 0.408 e. The number of rotatable bonds is 57. The molecule has 0 bridgehead atoms. The predicted molar refractivity (Wildman–Crippen MR) is 338 cm³/mol. The van der Waals surface area contributed by atoms with Gasteiger partial charge in [0, 0.05) is 0 Å². The van der Waals surface area contributed by atoms with Gasteiger partial charge in [0.2, 0.25) is 0 Å². The first-order chi connectivity index (χ1) is 37.7. The molecule has 76 heavy (non-hydrogen) atoms. The van der Waals surface area contributed by atoms with Crippen molar-refractivity contribution in [2.24, 2.45) is 0 Å². The number of hydrogen-bond acceptors (Lipinski definition) is 3. The van der Waals surface area contributed by atoms with Crippen LogP contribution < -0.4 is 13.6 Å². The van der Waals surface area contributed by atoms with Crippen LogP contribution in [0.5, 0.6) is 17.2 Å². The second kappa shape index (κ2) is 51.9. The van der Waals surface area contributed by atoms with Crippen molar-refractivity contribution >= 4 is 8.60 Å². The Morgan fingerprint density at radius 1 is 0.211 bits per heavy atom. The standard InChI is InChI=1S/C72H123O3P/c1-4-7-10-13-16-19-22-25-28-31-34-37-40-43-46-49-58-67-61-52-55-64-70(67)73-76(74-71-65-56-53-62-68(71)59-50-47-44-41-38-35-32-29-26-23-20-17-14-11-8-5-2)75-72-66-57-54-63-69(72)60-51-48-45-42-39-36-33-30-27-24-21-18-15-12-9-6-3/h52-57,61-66H,4-51,58-60H2,1-3H3. The van der Waals surface area contributed by atoms with Gasteiger partial charge in [0.05, 0.1) is 0 Å². The van der Waals surface area contributed by atoms with E-state index in [1.807, 2.05) is 0 Å². The SMILES string of the molecule is CCCCCCCCCCCCCCCCCCc1ccccc1OP(Oc1ccccc1CCCCCCCCCCCCCCCCCC)Oc1ccccc1CCCCCCCCCCCCCCCCCC. The Balaban J connectivity index is 1.48.